The van der Waals surface area contributed by atoms with E-state index in [1.807, 2.05) is 0 Å². The fraction of sp³-hybridized carbons (Fsp3) is 0.182. The lowest BCUT2D eigenvalue weighted by Gasteiger charge is -2.07. The van der Waals surface area contributed by atoms with E-state index < -0.39 is 10.0 Å². The molecule has 168 valence electrons. The first-order valence-corrected chi connectivity index (χ1v) is 12.0. The molecule has 3 aromatic rings. The number of aromatic nitrogens is 1. The van der Waals surface area contributed by atoms with Crippen LogP contribution in [0, 0.1) is 0 Å². The number of amides is 1. The number of nitrogens with one attached hydrogen (secondary N) is 2. The normalized spacial score (nSPS) is 11.3. The van der Waals surface area contributed by atoms with Gasteiger partial charge in [0.05, 0.1) is 17.0 Å². The number of halogens is 2. The van der Waals surface area contributed by atoms with E-state index in [9.17, 15) is 13.2 Å². The zero-order valence-corrected chi connectivity index (χ0v) is 19.3. The smallest absolute Gasteiger partial charge is 0.224 e. The predicted octanol–water partition coefficient (Wildman–Crippen LogP) is 4.83. The third-order valence-electron chi connectivity index (χ3n) is 4.36. The van der Waals surface area contributed by atoms with Crippen molar-refractivity contribution in [3.05, 3.63) is 82.8 Å². The third-order valence-corrected chi connectivity index (χ3v) is 6.23. The van der Waals surface area contributed by atoms with E-state index in [-0.39, 0.29) is 24.6 Å². The Hall–Kier alpha value is -2.65. The average molecular weight is 494 g/mol. The van der Waals surface area contributed by atoms with Crippen molar-refractivity contribution in [2.75, 3.05) is 11.9 Å². The minimum absolute atomic E-state index is 0.154. The highest BCUT2D eigenvalue weighted by Crippen LogP contribution is 2.30. The van der Waals surface area contributed by atoms with Gasteiger partial charge in [-0.05, 0) is 35.9 Å². The summed E-state index contributed by atoms with van der Waals surface area (Å²) in [6.07, 6.45) is 3.50. The van der Waals surface area contributed by atoms with Gasteiger partial charge >= 0.3 is 0 Å². The Labute approximate surface area is 196 Å². The van der Waals surface area contributed by atoms with Gasteiger partial charge in [0.25, 0.3) is 0 Å². The van der Waals surface area contributed by atoms with Crippen LogP contribution in [0.5, 0.6) is 0 Å². The van der Waals surface area contributed by atoms with E-state index in [4.69, 9.17) is 27.6 Å². The summed E-state index contributed by atoms with van der Waals surface area (Å²) in [5.41, 5.74) is 1.84. The summed E-state index contributed by atoms with van der Waals surface area (Å²) in [6, 6.07) is 11.7. The summed E-state index contributed by atoms with van der Waals surface area (Å²) >= 11 is 12.1. The maximum Gasteiger partial charge on any atom is 0.224 e. The van der Waals surface area contributed by atoms with Crippen LogP contribution in [0.1, 0.15) is 17.9 Å². The molecule has 0 fully saturated rings. The zero-order valence-electron chi connectivity index (χ0n) is 17.0. The molecule has 2 N–H and O–H groups in total. The molecule has 3 rings (SSSR count). The van der Waals surface area contributed by atoms with Crippen LogP contribution in [0.3, 0.4) is 0 Å². The fourth-order valence-electron chi connectivity index (χ4n) is 2.82. The van der Waals surface area contributed by atoms with E-state index in [1.165, 1.54) is 6.08 Å². The lowest BCUT2D eigenvalue weighted by molar-refractivity contribution is -0.116. The number of benzene rings is 2. The fourth-order valence-corrected chi connectivity index (χ4v) is 4.43. The van der Waals surface area contributed by atoms with Crippen molar-refractivity contribution >= 4 is 44.8 Å². The second kappa shape index (κ2) is 10.8. The summed E-state index contributed by atoms with van der Waals surface area (Å²) in [5, 5.41) is 3.74. The molecule has 0 aliphatic rings. The molecule has 0 radical (unpaired) electrons. The van der Waals surface area contributed by atoms with Crippen LogP contribution in [0.4, 0.5) is 5.69 Å². The van der Waals surface area contributed by atoms with Gasteiger partial charge in [-0.2, -0.15) is 0 Å². The number of carbonyl (C=O) groups excluding carboxylic acids is 1. The number of carbonyl (C=O) groups is 1. The van der Waals surface area contributed by atoms with Crippen molar-refractivity contribution in [1.82, 2.24) is 9.71 Å². The highest BCUT2D eigenvalue weighted by molar-refractivity contribution is 7.88. The van der Waals surface area contributed by atoms with Crippen molar-refractivity contribution in [1.29, 1.82) is 0 Å². The predicted molar refractivity (Wildman–Crippen MR) is 126 cm³/mol. The number of oxazole rings is 1. The third kappa shape index (κ3) is 6.93. The highest BCUT2D eigenvalue weighted by Gasteiger charge is 2.13. The van der Waals surface area contributed by atoms with Crippen LogP contribution in [-0.4, -0.2) is 25.9 Å². The Kier molecular flexibility index (Phi) is 8.09. The molecule has 0 saturated carbocycles. The molecule has 0 aliphatic carbocycles. The number of hydrogen-bond acceptors (Lipinski definition) is 5. The number of sulfonamides is 1. The van der Waals surface area contributed by atoms with E-state index in [0.717, 1.165) is 0 Å². The van der Waals surface area contributed by atoms with Gasteiger partial charge in [0, 0.05) is 35.7 Å². The molecule has 0 unspecified atom stereocenters. The SMILES string of the molecule is C=CCNS(=O)(=O)Cc1ccc(NC(=O)CCc2ncc(-c3ccc(Cl)cc3Cl)o2)cc1. The van der Waals surface area contributed by atoms with Gasteiger partial charge in [0.1, 0.15) is 0 Å². The van der Waals surface area contributed by atoms with Gasteiger partial charge in [-0.3, -0.25) is 4.79 Å². The number of aryl methyl sites for hydroxylation is 1. The topological polar surface area (TPSA) is 101 Å². The van der Waals surface area contributed by atoms with Crippen molar-refractivity contribution in [2.45, 2.75) is 18.6 Å². The Morgan fingerprint density at radius 1 is 1.16 bits per heavy atom. The average Bonchev–Trinajstić information content (AvgIpc) is 3.21. The van der Waals surface area contributed by atoms with Gasteiger partial charge in [0.15, 0.2) is 11.7 Å². The molecule has 0 bridgehead atoms. The summed E-state index contributed by atoms with van der Waals surface area (Å²) in [5.74, 6) is 0.533. The second-order valence-corrected chi connectivity index (χ2v) is 9.53. The van der Waals surface area contributed by atoms with E-state index in [2.05, 4.69) is 21.6 Å². The van der Waals surface area contributed by atoms with Crippen molar-refractivity contribution in [3.63, 3.8) is 0 Å². The maximum absolute atomic E-state index is 12.3. The molecule has 0 spiro atoms. The zero-order chi connectivity index (χ0) is 23.1. The van der Waals surface area contributed by atoms with Crippen molar-refractivity contribution in [2.24, 2.45) is 0 Å². The standard InChI is InChI=1S/C22H21Cl2N3O4S/c1-2-11-26-32(29,30)14-15-3-6-17(7-4-15)27-21(28)9-10-22-25-13-20(31-22)18-8-5-16(23)12-19(18)24/h2-8,12-13,26H,1,9-11,14H2,(H,27,28). The van der Waals surface area contributed by atoms with Crippen LogP contribution in [0.2, 0.25) is 10.0 Å². The Balaban J connectivity index is 1.52. The summed E-state index contributed by atoms with van der Waals surface area (Å²) in [7, 11) is -3.44. The Morgan fingerprint density at radius 2 is 1.91 bits per heavy atom. The van der Waals surface area contributed by atoms with Crippen LogP contribution in [-0.2, 0) is 27.0 Å². The summed E-state index contributed by atoms with van der Waals surface area (Å²) in [6.45, 7) is 3.65. The largest absolute Gasteiger partial charge is 0.441 e. The van der Waals surface area contributed by atoms with Crippen LogP contribution < -0.4 is 10.0 Å². The second-order valence-electron chi connectivity index (χ2n) is 6.88. The molecule has 10 heteroatoms. The molecule has 0 saturated heterocycles. The van der Waals surface area contributed by atoms with Gasteiger partial charge in [-0.15, -0.1) is 6.58 Å². The quantitative estimate of drug-likeness (QED) is 0.394. The number of hydrogen-bond donors (Lipinski definition) is 2. The van der Waals surface area contributed by atoms with Crippen LogP contribution in [0.25, 0.3) is 11.3 Å². The van der Waals surface area contributed by atoms with Gasteiger partial charge in [0.2, 0.25) is 15.9 Å². The molecule has 1 aromatic heterocycles. The summed E-state index contributed by atoms with van der Waals surface area (Å²) < 4.78 is 31.9. The Bertz CT molecular complexity index is 1210. The molecule has 0 aliphatic heterocycles. The molecule has 0 atom stereocenters. The molecule has 32 heavy (non-hydrogen) atoms. The minimum Gasteiger partial charge on any atom is -0.441 e. The lowest BCUT2D eigenvalue weighted by atomic mass is 10.2. The van der Waals surface area contributed by atoms with Crippen molar-refractivity contribution < 1.29 is 17.6 Å². The highest BCUT2D eigenvalue weighted by atomic mass is 35.5. The number of anilines is 1. The van der Waals surface area contributed by atoms with Gasteiger partial charge < -0.3 is 9.73 Å². The first kappa shape index (κ1) is 24.0. The van der Waals surface area contributed by atoms with Crippen molar-refractivity contribution in [3.8, 4) is 11.3 Å². The lowest BCUT2D eigenvalue weighted by Crippen LogP contribution is -2.25. The minimum atomic E-state index is -3.44. The van der Waals surface area contributed by atoms with Crippen LogP contribution >= 0.6 is 23.2 Å². The van der Waals surface area contributed by atoms with E-state index in [1.54, 1.807) is 48.7 Å². The molecular weight excluding hydrogens is 473 g/mol. The van der Waals surface area contributed by atoms with Gasteiger partial charge in [-0.1, -0.05) is 41.4 Å². The number of nitrogens with zero attached hydrogens (tertiary/aromatic N) is 1. The van der Waals surface area contributed by atoms with Crippen LogP contribution in [0.15, 0.2) is 65.7 Å². The monoisotopic (exact) mass is 493 g/mol. The maximum atomic E-state index is 12.3. The molecule has 1 amide bonds. The van der Waals surface area contributed by atoms with E-state index in [0.29, 0.717) is 44.9 Å². The Morgan fingerprint density at radius 3 is 2.59 bits per heavy atom. The molecule has 2 aromatic carbocycles. The summed E-state index contributed by atoms with van der Waals surface area (Å²) in [4.78, 5) is 16.4. The molecular formula is C22H21Cl2N3O4S. The number of rotatable bonds is 10. The first-order valence-electron chi connectivity index (χ1n) is 9.63. The molecule has 1 heterocycles. The molecule has 7 nitrogen and oxygen atoms in total. The first-order chi connectivity index (χ1) is 15.3. The van der Waals surface area contributed by atoms with Gasteiger partial charge in [-0.25, -0.2) is 18.1 Å². The van der Waals surface area contributed by atoms with E-state index >= 15 is 0 Å².